The Labute approximate surface area is 171 Å². The van der Waals surface area contributed by atoms with Crippen molar-refractivity contribution in [2.45, 2.75) is 37.5 Å². The van der Waals surface area contributed by atoms with E-state index in [9.17, 15) is 13.2 Å². The van der Waals surface area contributed by atoms with Gasteiger partial charge in [-0.05, 0) is 67.6 Å². The number of rotatable bonds is 6. The Morgan fingerprint density at radius 1 is 1.14 bits per heavy atom. The van der Waals surface area contributed by atoms with Gasteiger partial charge in [0.05, 0.1) is 12.0 Å². The predicted octanol–water partition coefficient (Wildman–Crippen LogP) is 3.79. The summed E-state index contributed by atoms with van der Waals surface area (Å²) in [5.41, 5.74) is 4.17. The number of methoxy groups -OCH3 is 1. The van der Waals surface area contributed by atoms with E-state index >= 15 is 0 Å². The van der Waals surface area contributed by atoms with Gasteiger partial charge < -0.3 is 4.74 Å². The van der Waals surface area contributed by atoms with E-state index in [1.54, 1.807) is 30.3 Å². The third-order valence-electron chi connectivity index (χ3n) is 4.94. The van der Waals surface area contributed by atoms with Crippen molar-refractivity contribution in [3.05, 3.63) is 54.1 Å². The van der Waals surface area contributed by atoms with Crippen molar-refractivity contribution in [3.63, 3.8) is 0 Å². The molecule has 1 fully saturated rings. The summed E-state index contributed by atoms with van der Waals surface area (Å²) in [4.78, 5) is 12.5. The van der Waals surface area contributed by atoms with Crippen molar-refractivity contribution in [3.8, 4) is 5.75 Å². The van der Waals surface area contributed by atoms with Crippen molar-refractivity contribution in [2.75, 3.05) is 11.8 Å². The molecule has 0 saturated heterocycles. The van der Waals surface area contributed by atoms with Crippen LogP contribution in [0.4, 0.5) is 5.69 Å². The SMILES string of the molecule is COc1ccc(NS(=O)(=O)c2cccc(C(=O)N/N=C3/CCCC[C@H]3C)c2)cc1. The number of hydrazone groups is 1. The lowest BCUT2D eigenvalue weighted by molar-refractivity contribution is 0.0954. The highest BCUT2D eigenvalue weighted by Gasteiger charge is 2.18. The van der Waals surface area contributed by atoms with Crippen LogP contribution >= 0.6 is 0 Å². The van der Waals surface area contributed by atoms with Gasteiger partial charge in [0.15, 0.2) is 0 Å². The minimum atomic E-state index is -3.84. The number of anilines is 1. The molecule has 0 aliphatic heterocycles. The molecule has 0 radical (unpaired) electrons. The van der Waals surface area contributed by atoms with Crippen molar-refractivity contribution < 1.29 is 17.9 Å². The Kier molecular flexibility index (Phi) is 6.53. The second-order valence-electron chi connectivity index (χ2n) is 7.05. The van der Waals surface area contributed by atoms with Crippen LogP contribution in [0.3, 0.4) is 0 Å². The minimum absolute atomic E-state index is 0.000319. The van der Waals surface area contributed by atoms with Crippen molar-refractivity contribution >= 4 is 27.3 Å². The zero-order valence-corrected chi connectivity index (χ0v) is 17.3. The third kappa shape index (κ3) is 5.35. The van der Waals surface area contributed by atoms with Crippen LogP contribution in [0.5, 0.6) is 5.75 Å². The molecular formula is C21H25N3O4S. The number of hydrogen-bond donors (Lipinski definition) is 2. The largest absolute Gasteiger partial charge is 0.497 e. The van der Waals surface area contributed by atoms with Crippen LogP contribution in [0.15, 0.2) is 58.5 Å². The Balaban J connectivity index is 1.73. The van der Waals surface area contributed by atoms with Crippen LogP contribution in [0.25, 0.3) is 0 Å². The van der Waals surface area contributed by atoms with E-state index in [1.807, 2.05) is 0 Å². The maximum atomic E-state index is 12.7. The number of sulfonamides is 1. The summed E-state index contributed by atoms with van der Waals surface area (Å²) < 4.78 is 32.9. The van der Waals surface area contributed by atoms with E-state index in [-0.39, 0.29) is 10.5 Å². The fourth-order valence-electron chi connectivity index (χ4n) is 3.20. The van der Waals surface area contributed by atoms with Gasteiger partial charge in [0.25, 0.3) is 15.9 Å². The van der Waals surface area contributed by atoms with Gasteiger partial charge in [-0.2, -0.15) is 5.10 Å². The molecule has 7 nitrogen and oxygen atoms in total. The summed E-state index contributed by atoms with van der Waals surface area (Å²) in [6.45, 7) is 2.10. The third-order valence-corrected chi connectivity index (χ3v) is 6.32. The smallest absolute Gasteiger partial charge is 0.271 e. The summed E-state index contributed by atoms with van der Waals surface area (Å²) in [6, 6.07) is 12.4. The minimum Gasteiger partial charge on any atom is -0.497 e. The summed E-state index contributed by atoms with van der Waals surface area (Å²) in [5, 5.41) is 4.26. The van der Waals surface area contributed by atoms with Gasteiger partial charge in [-0.3, -0.25) is 9.52 Å². The maximum absolute atomic E-state index is 12.7. The number of ether oxygens (including phenoxy) is 1. The van der Waals surface area contributed by atoms with Crippen molar-refractivity contribution in [1.29, 1.82) is 0 Å². The normalized spacial score (nSPS) is 18.3. The predicted molar refractivity (Wildman–Crippen MR) is 113 cm³/mol. The van der Waals surface area contributed by atoms with Gasteiger partial charge in [0.2, 0.25) is 0 Å². The Hall–Kier alpha value is -2.87. The molecule has 1 atom stereocenters. The lowest BCUT2D eigenvalue weighted by Gasteiger charge is -2.19. The quantitative estimate of drug-likeness (QED) is 0.702. The Bertz CT molecular complexity index is 1000. The van der Waals surface area contributed by atoms with E-state index < -0.39 is 15.9 Å². The van der Waals surface area contributed by atoms with E-state index in [2.05, 4.69) is 22.2 Å². The first-order chi connectivity index (χ1) is 13.9. The summed E-state index contributed by atoms with van der Waals surface area (Å²) >= 11 is 0. The molecule has 2 N–H and O–H groups in total. The van der Waals surface area contributed by atoms with Gasteiger partial charge in [-0.1, -0.05) is 19.4 Å². The number of benzene rings is 2. The van der Waals surface area contributed by atoms with Gasteiger partial charge in [-0.15, -0.1) is 0 Å². The van der Waals surface area contributed by atoms with Crippen LogP contribution in [0.2, 0.25) is 0 Å². The van der Waals surface area contributed by atoms with E-state index in [4.69, 9.17) is 4.74 Å². The number of nitrogens with one attached hydrogen (secondary N) is 2. The number of carbonyl (C=O) groups is 1. The van der Waals surface area contributed by atoms with E-state index in [0.29, 0.717) is 17.4 Å². The summed E-state index contributed by atoms with van der Waals surface area (Å²) in [5.74, 6) is 0.543. The molecule has 2 aromatic rings. The molecule has 8 heteroatoms. The van der Waals surface area contributed by atoms with E-state index in [0.717, 1.165) is 25.0 Å². The molecule has 154 valence electrons. The van der Waals surface area contributed by atoms with Gasteiger partial charge in [-0.25, -0.2) is 13.8 Å². The molecule has 29 heavy (non-hydrogen) atoms. The Morgan fingerprint density at radius 3 is 2.59 bits per heavy atom. The lowest BCUT2D eigenvalue weighted by atomic mass is 9.89. The second-order valence-corrected chi connectivity index (χ2v) is 8.74. The standard InChI is InChI=1S/C21H25N3O4S/c1-15-6-3-4-9-20(15)22-23-21(25)16-7-5-8-19(14-16)29(26,27)24-17-10-12-18(28-2)13-11-17/h5,7-8,10-15,24H,3-4,6,9H2,1-2H3,(H,23,25)/b22-20-/t15-/m1/s1. The van der Waals surface area contributed by atoms with Gasteiger partial charge in [0.1, 0.15) is 5.75 Å². The van der Waals surface area contributed by atoms with Crippen LogP contribution in [0, 0.1) is 5.92 Å². The van der Waals surface area contributed by atoms with Crippen molar-refractivity contribution in [2.24, 2.45) is 11.0 Å². The highest BCUT2D eigenvalue weighted by molar-refractivity contribution is 7.92. The first kappa shape index (κ1) is 20.9. The molecule has 1 saturated carbocycles. The molecule has 0 aromatic heterocycles. The fraction of sp³-hybridized carbons (Fsp3) is 0.333. The average Bonchev–Trinajstić information content (AvgIpc) is 2.73. The molecule has 1 aliphatic rings. The molecule has 0 bridgehead atoms. The zero-order valence-electron chi connectivity index (χ0n) is 16.5. The second kappa shape index (κ2) is 9.09. The molecule has 0 spiro atoms. The van der Waals surface area contributed by atoms with Crippen LogP contribution in [0.1, 0.15) is 43.0 Å². The topological polar surface area (TPSA) is 96.9 Å². The zero-order chi connectivity index (χ0) is 20.9. The maximum Gasteiger partial charge on any atom is 0.271 e. The number of carbonyl (C=O) groups excluding carboxylic acids is 1. The Morgan fingerprint density at radius 2 is 1.90 bits per heavy atom. The van der Waals surface area contributed by atoms with Crippen LogP contribution in [-0.2, 0) is 10.0 Å². The molecule has 1 amide bonds. The van der Waals surface area contributed by atoms with Crippen molar-refractivity contribution in [1.82, 2.24) is 5.43 Å². The number of hydrogen-bond acceptors (Lipinski definition) is 5. The highest BCUT2D eigenvalue weighted by atomic mass is 32.2. The molecule has 0 heterocycles. The molecule has 0 unspecified atom stereocenters. The van der Waals surface area contributed by atoms with Crippen LogP contribution < -0.4 is 14.9 Å². The molecule has 1 aliphatic carbocycles. The first-order valence-corrected chi connectivity index (χ1v) is 11.0. The summed E-state index contributed by atoms with van der Waals surface area (Å²) in [6.07, 6.45) is 4.19. The van der Waals surface area contributed by atoms with Gasteiger partial charge >= 0.3 is 0 Å². The van der Waals surface area contributed by atoms with E-state index in [1.165, 1.54) is 31.7 Å². The number of nitrogens with zero attached hydrogens (tertiary/aromatic N) is 1. The fourth-order valence-corrected chi connectivity index (χ4v) is 4.30. The number of amides is 1. The average molecular weight is 416 g/mol. The van der Waals surface area contributed by atoms with Crippen LogP contribution in [-0.4, -0.2) is 27.1 Å². The summed E-state index contributed by atoms with van der Waals surface area (Å²) in [7, 11) is -2.30. The first-order valence-electron chi connectivity index (χ1n) is 9.53. The molecule has 2 aromatic carbocycles. The monoisotopic (exact) mass is 415 g/mol. The highest BCUT2D eigenvalue weighted by Crippen LogP contribution is 2.22. The molecule has 3 rings (SSSR count). The lowest BCUT2D eigenvalue weighted by Crippen LogP contribution is -2.24. The molecular weight excluding hydrogens is 390 g/mol. The van der Waals surface area contributed by atoms with Gasteiger partial charge in [0, 0.05) is 17.0 Å².